The topological polar surface area (TPSA) is 80.1 Å². The SMILES string of the molecule is CC(C)NC(=O)Cn1nc(-c2cccs2)c2sc(N3CCCC3)nc2c1=O. The second-order valence-electron chi connectivity index (χ2n) is 6.88. The van der Waals surface area contributed by atoms with E-state index in [2.05, 4.69) is 20.3 Å². The minimum Gasteiger partial charge on any atom is -0.352 e. The Labute approximate surface area is 164 Å². The third kappa shape index (κ3) is 3.61. The fourth-order valence-corrected chi connectivity index (χ4v) is 5.07. The van der Waals surface area contributed by atoms with Crippen molar-refractivity contribution >= 4 is 43.9 Å². The Morgan fingerprint density at radius 1 is 1.33 bits per heavy atom. The van der Waals surface area contributed by atoms with Gasteiger partial charge in [-0.25, -0.2) is 9.67 Å². The average Bonchev–Trinajstić information content (AvgIpc) is 3.38. The van der Waals surface area contributed by atoms with Gasteiger partial charge < -0.3 is 10.2 Å². The first kappa shape index (κ1) is 18.1. The van der Waals surface area contributed by atoms with Crippen LogP contribution in [0.25, 0.3) is 20.8 Å². The molecule has 1 aliphatic heterocycles. The molecule has 0 atom stereocenters. The summed E-state index contributed by atoms with van der Waals surface area (Å²) in [6, 6.07) is 3.94. The summed E-state index contributed by atoms with van der Waals surface area (Å²) in [5.41, 5.74) is 0.809. The van der Waals surface area contributed by atoms with E-state index < -0.39 is 0 Å². The van der Waals surface area contributed by atoms with Gasteiger partial charge in [-0.2, -0.15) is 5.10 Å². The molecule has 0 unspecified atom stereocenters. The van der Waals surface area contributed by atoms with Gasteiger partial charge in [0.05, 0.1) is 9.58 Å². The van der Waals surface area contributed by atoms with Crippen molar-refractivity contribution in [2.24, 2.45) is 0 Å². The quantitative estimate of drug-likeness (QED) is 0.708. The largest absolute Gasteiger partial charge is 0.352 e. The number of aromatic nitrogens is 3. The number of amides is 1. The van der Waals surface area contributed by atoms with E-state index in [9.17, 15) is 9.59 Å². The second-order valence-corrected chi connectivity index (χ2v) is 8.80. The maximum absolute atomic E-state index is 12.9. The maximum Gasteiger partial charge on any atom is 0.294 e. The van der Waals surface area contributed by atoms with E-state index in [1.165, 1.54) is 16.0 Å². The minimum absolute atomic E-state index is 0.00902. The van der Waals surface area contributed by atoms with Crippen molar-refractivity contribution in [3.63, 3.8) is 0 Å². The summed E-state index contributed by atoms with van der Waals surface area (Å²) >= 11 is 3.08. The molecule has 1 aliphatic rings. The molecular formula is C18H21N5O2S2. The van der Waals surface area contributed by atoms with Gasteiger partial charge in [-0.3, -0.25) is 9.59 Å². The zero-order valence-electron chi connectivity index (χ0n) is 15.3. The molecule has 4 heterocycles. The normalized spacial score (nSPS) is 14.4. The Bertz CT molecular complexity index is 1020. The van der Waals surface area contributed by atoms with Crippen molar-refractivity contribution in [3.05, 3.63) is 27.9 Å². The number of nitrogens with one attached hydrogen (secondary N) is 1. The molecular weight excluding hydrogens is 382 g/mol. The first-order chi connectivity index (χ1) is 13.0. The second kappa shape index (κ2) is 7.40. The lowest BCUT2D eigenvalue weighted by atomic mass is 10.3. The van der Waals surface area contributed by atoms with Gasteiger partial charge in [-0.1, -0.05) is 17.4 Å². The number of thiazole rings is 1. The van der Waals surface area contributed by atoms with Crippen LogP contribution in [0.1, 0.15) is 26.7 Å². The van der Waals surface area contributed by atoms with E-state index in [1.807, 2.05) is 31.4 Å². The summed E-state index contributed by atoms with van der Waals surface area (Å²) in [5.74, 6) is -0.230. The molecule has 0 aliphatic carbocycles. The van der Waals surface area contributed by atoms with E-state index in [0.717, 1.165) is 46.3 Å². The molecule has 27 heavy (non-hydrogen) atoms. The maximum atomic E-state index is 12.9. The summed E-state index contributed by atoms with van der Waals surface area (Å²) in [5, 5.41) is 10.2. The zero-order valence-corrected chi connectivity index (χ0v) is 16.9. The predicted molar refractivity (Wildman–Crippen MR) is 110 cm³/mol. The Kier molecular flexibility index (Phi) is 4.96. The molecule has 0 aromatic carbocycles. The number of rotatable bonds is 5. The van der Waals surface area contributed by atoms with Crippen LogP contribution in [0.2, 0.25) is 0 Å². The summed E-state index contributed by atoms with van der Waals surface area (Å²) in [6.45, 7) is 5.59. The lowest BCUT2D eigenvalue weighted by molar-refractivity contribution is -0.122. The number of thiophene rings is 1. The van der Waals surface area contributed by atoms with Crippen LogP contribution >= 0.6 is 22.7 Å². The van der Waals surface area contributed by atoms with Crippen molar-refractivity contribution < 1.29 is 4.79 Å². The van der Waals surface area contributed by atoms with E-state index >= 15 is 0 Å². The van der Waals surface area contributed by atoms with Crippen LogP contribution in [0.4, 0.5) is 5.13 Å². The first-order valence-electron chi connectivity index (χ1n) is 9.03. The highest BCUT2D eigenvalue weighted by atomic mass is 32.1. The summed E-state index contributed by atoms with van der Waals surface area (Å²) < 4.78 is 2.03. The molecule has 9 heteroatoms. The van der Waals surface area contributed by atoms with Gasteiger partial charge in [0.2, 0.25) is 5.91 Å². The summed E-state index contributed by atoms with van der Waals surface area (Å²) in [4.78, 5) is 33.0. The van der Waals surface area contributed by atoms with Crippen molar-refractivity contribution in [2.45, 2.75) is 39.3 Å². The Morgan fingerprint density at radius 3 is 2.78 bits per heavy atom. The first-order valence-corrected chi connectivity index (χ1v) is 10.7. The van der Waals surface area contributed by atoms with E-state index in [-0.39, 0.29) is 24.1 Å². The van der Waals surface area contributed by atoms with Crippen LogP contribution in [-0.2, 0) is 11.3 Å². The third-order valence-electron chi connectivity index (χ3n) is 4.36. The standard InChI is InChI=1S/C18H21N5O2S2/c1-11(2)19-13(24)10-23-17(25)15-16(14(21-23)12-6-5-9-26-12)27-18(20-15)22-7-3-4-8-22/h5-6,9,11H,3-4,7-8,10H2,1-2H3,(H,19,24). The molecule has 142 valence electrons. The number of hydrogen-bond donors (Lipinski definition) is 1. The zero-order chi connectivity index (χ0) is 19.0. The molecule has 0 radical (unpaired) electrons. The van der Waals surface area contributed by atoms with Gasteiger partial charge in [0.15, 0.2) is 10.6 Å². The van der Waals surface area contributed by atoms with Gasteiger partial charge in [-0.15, -0.1) is 11.3 Å². The molecule has 0 bridgehead atoms. The van der Waals surface area contributed by atoms with Gasteiger partial charge in [0.25, 0.3) is 5.56 Å². The van der Waals surface area contributed by atoms with Crippen LogP contribution < -0.4 is 15.8 Å². The van der Waals surface area contributed by atoms with Crippen molar-refractivity contribution in [1.82, 2.24) is 20.1 Å². The predicted octanol–water partition coefficient (Wildman–Crippen LogP) is 2.71. The highest BCUT2D eigenvalue weighted by Crippen LogP contribution is 2.36. The number of fused-ring (bicyclic) bond motifs is 1. The number of anilines is 1. The summed E-state index contributed by atoms with van der Waals surface area (Å²) in [7, 11) is 0. The van der Waals surface area contributed by atoms with Gasteiger partial charge in [-0.05, 0) is 38.1 Å². The average molecular weight is 404 g/mol. The van der Waals surface area contributed by atoms with Crippen LogP contribution in [0.15, 0.2) is 22.3 Å². The highest BCUT2D eigenvalue weighted by Gasteiger charge is 2.22. The number of carbonyl (C=O) groups is 1. The number of carbonyl (C=O) groups excluding carboxylic acids is 1. The summed E-state index contributed by atoms with van der Waals surface area (Å²) in [6.07, 6.45) is 2.29. The molecule has 1 amide bonds. The van der Waals surface area contributed by atoms with Gasteiger partial charge >= 0.3 is 0 Å². The van der Waals surface area contributed by atoms with Crippen LogP contribution in [0.5, 0.6) is 0 Å². The Balaban J connectivity index is 1.83. The van der Waals surface area contributed by atoms with Crippen molar-refractivity contribution in [1.29, 1.82) is 0 Å². The molecule has 7 nitrogen and oxygen atoms in total. The van der Waals surface area contributed by atoms with Crippen molar-refractivity contribution in [3.8, 4) is 10.6 Å². The van der Waals surface area contributed by atoms with Crippen LogP contribution in [0, 0.1) is 0 Å². The lowest BCUT2D eigenvalue weighted by Gasteiger charge is -2.11. The minimum atomic E-state index is -0.314. The van der Waals surface area contributed by atoms with E-state index in [0.29, 0.717) is 5.52 Å². The monoisotopic (exact) mass is 403 g/mol. The molecule has 0 saturated carbocycles. The smallest absolute Gasteiger partial charge is 0.294 e. The van der Waals surface area contributed by atoms with Gasteiger partial charge in [0, 0.05) is 19.1 Å². The third-order valence-corrected chi connectivity index (χ3v) is 6.36. The number of hydrogen-bond acceptors (Lipinski definition) is 7. The Morgan fingerprint density at radius 2 is 2.11 bits per heavy atom. The Hall–Kier alpha value is -2.26. The molecule has 3 aromatic heterocycles. The molecule has 3 aromatic rings. The van der Waals surface area contributed by atoms with E-state index in [4.69, 9.17) is 0 Å². The number of nitrogens with zero attached hydrogens (tertiary/aromatic N) is 4. The van der Waals surface area contributed by atoms with Crippen LogP contribution in [0.3, 0.4) is 0 Å². The fourth-order valence-electron chi connectivity index (χ4n) is 3.18. The molecule has 1 N–H and O–H groups in total. The molecule has 4 rings (SSSR count). The lowest BCUT2D eigenvalue weighted by Crippen LogP contribution is -2.37. The highest BCUT2D eigenvalue weighted by molar-refractivity contribution is 7.23. The van der Waals surface area contributed by atoms with Crippen molar-refractivity contribution in [2.75, 3.05) is 18.0 Å². The fraction of sp³-hybridized carbons (Fsp3) is 0.444. The molecule has 0 spiro atoms. The van der Waals surface area contributed by atoms with E-state index in [1.54, 1.807) is 11.3 Å². The molecule has 1 fully saturated rings. The van der Waals surface area contributed by atoms with Gasteiger partial charge in [0.1, 0.15) is 12.2 Å². The van der Waals surface area contributed by atoms with Crippen LogP contribution in [-0.4, -0.2) is 39.8 Å². The molecule has 1 saturated heterocycles.